The topological polar surface area (TPSA) is 61.8 Å². The molecule has 134 valence electrons. The van der Waals surface area contributed by atoms with E-state index in [1.807, 2.05) is 42.5 Å². The molecule has 0 saturated heterocycles. The number of hydrogen-bond acceptors (Lipinski definition) is 5. The van der Waals surface area contributed by atoms with Crippen LogP contribution in [0.3, 0.4) is 0 Å². The second-order valence-electron chi connectivity index (χ2n) is 5.78. The molecule has 5 heteroatoms. The van der Waals surface area contributed by atoms with Crippen molar-refractivity contribution in [3.63, 3.8) is 0 Å². The first-order chi connectivity index (χ1) is 12.7. The number of carbonyl (C=O) groups excluding carboxylic acids is 2. The predicted molar refractivity (Wildman–Crippen MR) is 96.1 cm³/mol. The fraction of sp³-hybridized carbons (Fsp3) is 0.238. The molecular weight excluding hydrogens is 332 g/mol. The zero-order valence-electron chi connectivity index (χ0n) is 14.5. The van der Waals surface area contributed by atoms with Gasteiger partial charge >= 0.3 is 11.9 Å². The molecule has 0 spiro atoms. The van der Waals surface area contributed by atoms with E-state index >= 15 is 0 Å². The first-order valence-corrected chi connectivity index (χ1v) is 8.53. The lowest BCUT2D eigenvalue weighted by Crippen LogP contribution is -2.26. The summed E-state index contributed by atoms with van der Waals surface area (Å²) in [5.74, 6) is -0.370. The Kier molecular flexibility index (Phi) is 5.81. The number of hydrogen-bond donors (Lipinski definition) is 0. The summed E-state index contributed by atoms with van der Waals surface area (Å²) < 4.78 is 16.2. The molecule has 26 heavy (non-hydrogen) atoms. The SMILES string of the molecule is CCOC(=O)C(CC=C1OC(=O)c2ccccc21)OCc1ccccc1. The Morgan fingerprint density at radius 2 is 1.77 bits per heavy atom. The van der Waals surface area contributed by atoms with Gasteiger partial charge in [0.1, 0.15) is 5.76 Å². The predicted octanol–water partition coefficient (Wildman–Crippen LogP) is 3.74. The number of fused-ring (bicyclic) bond motifs is 1. The van der Waals surface area contributed by atoms with Gasteiger partial charge in [-0.15, -0.1) is 0 Å². The third kappa shape index (κ3) is 4.18. The standard InChI is InChI=1S/C21H20O5/c1-2-24-21(23)19(25-14-15-8-4-3-5-9-15)13-12-18-16-10-6-7-11-17(16)20(22)26-18/h3-12,19H,2,13-14H2,1H3. The van der Waals surface area contributed by atoms with Crippen LogP contribution in [0.15, 0.2) is 60.7 Å². The molecule has 0 aliphatic carbocycles. The summed E-state index contributed by atoms with van der Waals surface area (Å²) in [4.78, 5) is 24.1. The van der Waals surface area contributed by atoms with Crippen LogP contribution >= 0.6 is 0 Å². The van der Waals surface area contributed by atoms with E-state index in [2.05, 4.69) is 0 Å². The van der Waals surface area contributed by atoms with E-state index in [4.69, 9.17) is 14.2 Å². The molecule has 0 fully saturated rings. The van der Waals surface area contributed by atoms with Crippen molar-refractivity contribution in [3.8, 4) is 0 Å². The van der Waals surface area contributed by atoms with Gasteiger partial charge in [0.2, 0.25) is 0 Å². The molecule has 1 unspecified atom stereocenters. The third-order valence-electron chi connectivity index (χ3n) is 3.98. The first kappa shape index (κ1) is 17.9. The molecule has 1 heterocycles. The Bertz CT molecular complexity index is 810. The number of cyclic esters (lactones) is 1. The molecule has 0 aromatic heterocycles. The molecule has 3 rings (SSSR count). The fourth-order valence-electron chi connectivity index (χ4n) is 2.69. The van der Waals surface area contributed by atoms with Crippen molar-refractivity contribution >= 4 is 17.7 Å². The molecule has 0 radical (unpaired) electrons. The Morgan fingerprint density at radius 1 is 1.08 bits per heavy atom. The molecule has 1 aliphatic heterocycles. The number of carbonyl (C=O) groups is 2. The van der Waals surface area contributed by atoms with Crippen LogP contribution in [0.25, 0.3) is 5.76 Å². The number of esters is 2. The Morgan fingerprint density at radius 3 is 2.50 bits per heavy atom. The summed E-state index contributed by atoms with van der Waals surface area (Å²) in [7, 11) is 0. The van der Waals surface area contributed by atoms with Crippen LogP contribution in [0.4, 0.5) is 0 Å². The van der Waals surface area contributed by atoms with E-state index in [1.54, 1.807) is 25.1 Å². The van der Waals surface area contributed by atoms with Gasteiger partial charge in [0.15, 0.2) is 6.10 Å². The van der Waals surface area contributed by atoms with E-state index in [0.717, 1.165) is 11.1 Å². The van der Waals surface area contributed by atoms with E-state index in [-0.39, 0.29) is 19.0 Å². The van der Waals surface area contributed by atoms with Gasteiger partial charge in [0.25, 0.3) is 0 Å². The Balaban J connectivity index is 1.72. The maximum Gasteiger partial charge on any atom is 0.344 e. The highest BCUT2D eigenvalue weighted by Gasteiger charge is 2.27. The second kappa shape index (κ2) is 8.45. The highest BCUT2D eigenvalue weighted by molar-refractivity contribution is 6.02. The first-order valence-electron chi connectivity index (χ1n) is 8.53. The molecule has 1 aliphatic rings. The lowest BCUT2D eigenvalue weighted by atomic mass is 10.1. The average Bonchev–Trinajstić information content (AvgIpc) is 2.99. The van der Waals surface area contributed by atoms with Gasteiger partial charge in [-0.1, -0.05) is 48.5 Å². The molecule has 2 aromatic rings. The van der Waals surface area contributed by atoms with Gasteiger partial charge < -0.3 is 14.2 Å². The van der Waals surface area contributed by atoms with Crippen LogP contribution in [0.5, 0.6) is 0 Å². The minimum Gasteiger partial charge on any atom is -0.464 e. The second-order valence-corrected chi connectivity index (χ2v) is 5.78. The smallest absolute Gasteiger partial charge is 0.344 e. The van der Waals surface area contributed by atoms with E-state index < -0.39 is 12.1 Å². The molecule has 0 amide bonds. The highest BCUT2D eigenvalue weighted by atomic mass is 16.6. The molecule has 5 nitrogen and oxygen atoms in total. The van der Waals surface area contributed by atoms with Gasteiger partial charge in [0, 0.05) is 12.0 Å². The van der Waals surface area contributed by atoms with Crippen molar-refractivity contribution in [1.82, 2.24) is 0 Å². The minimum absolute atomic E-state index is 0.253. The van der Waals surface area contributed by atoms with Crippen molar-refractivity contribution < 1.29 is 23.8 Å². The van der Waals surface area contributed by atoms with Crippen LogP contribution < -0.4 is 0 Å². The summed E-state index contributed by atoms with van der Waals surface area (Å²) in [6, 6.07) is 16.7. The quantitative estimate of drug-likeness (QED) is 0.711. The fourth-order valence-corrected chi connectivity index (χ4v) is 2.69. The van der Waals surface area contributed by atoms with Crippen LogP contribution in [0, 0.1) is 0 Å². The average molecular weight is 352 g/mol. The summed E-state index contributed by atoms with van der Waals surface area (Å²) in [5, 5.41) is 0. The van der Waals surface area contributed by atoms with E-state index in [0.29, 0.717) is 17.9 Å². The zero-order valence-corrected chi connectivity index (χ0v) is 14.5. The van der Waals surface area contributed by atoms with Gasteiger partial charge in [-0.25, -0.2) is 9.59 Å². The summed E-state index contributed by atoms with van der Waals surface area (Å²) in [6.07, 6.45) is 1.19. The maximum absolute atomic E-state index is 12.2. The maximum atomic E-state index is 12.2. The van der Waals surface area contributed by atoms with Gasteiger partial charge in [-0.3, -0.25) is 0 Å². The number of ether oxygens (including phenoxy) is 3. The van der Waals surface area contributed by atoms with Gasteiger partial charge in [-0.05, 0) is 24.6 Å². The van der Waals surface area contributed by atoms with Crippen LogP contribution in [-0.4, -0.2) is 24.6 Å². The Labute approximate surface area is 152 Å². The largest absolute Gasteiger partial charge is 0.464 e. The van der Waals surface area contributed by atoms with Crippen molar-refractivity contribution in [2.45, 2.75) is 26.1 Å². The molecule has 2 aromatic carbocycles. The molecule has 0 N–H and O–H groups in total. The lowest BCUT2D eigenvalue weighted by Gasteiger charge is -2.15. The highest BCUT2D eigenvalue weighted by Crippen LogP contribution is 2.30. The monoisotopic (exact) mass is 352 g/mol. The number of rotatable bonds is 7. The molecule has 0 bridgehead atoms. The molecular formula is C21H20O5. The van der Waals surface area contributed by atoms with Crippen molar-refractivity contribution in [2.24, 2.45) is 0 Å². The van der Waals surface area contributed by atoms with Crippen molar-refractivity contribution in [3.05, 3.63) is 77.4 Å². The third-order valence-corrected chi connectivity index (χ3v) is 3.98. The normalized spacial score (nSPS) is 15.4. The van der Waals surface area contributed by atoms with Gasteiger partial charge in [0.05, 0.1) is 18.8 Å². The van der Waals surface area contributed by atoms with Crippen molar-refractivity contribution in [1.29, 1.82) is 0 Å². The lowest BCUT2D eigenvalue weighted by molar-refractivity contribution is -0.157. The minimum atomic E-state index is -0.769. The number of benzene rings is 2. The van der Waals surface area contributed by atoms with E-state index in [1.165, 1.54) is 0 Å². The molecule has 1 atom stereocenters. The van der Waals surface area contributed by atoms with E-state index in [9.17, 15) is 9.59 Å². The van der Waals surface area contributed by atoms with Crippen LogP contribution in [-0.2, 0) is 25.6 Å². The van der Waals surface area contributed by atoms with Gasteiger partial charge in [-0.2, -0.15) is 0 Å². The molecule has 0 saturated carbocycles. The van der Waals surface area contributed by atoms with Crippen molar-refractivity contribution in [2.75, 3.05) is 6.61 Å². The van der Waals surface area contributed by atoms with Crippen LogP contribution in [0.1, 0.15) is 34.8 Å². The summed E-state index contributed by atoms with van der Waals surface area (Å²) >= 11 is 0. The Hall–Kier alpha value is -2.92. The summed E-state index contributed by atoms with van der Waals surface area (Å²) in [6.45, 7) is 2.32. The summed E-state index contributed by atoms with van der Waals surface area (Å²) in [5.41, 5.74) is 2.21. The van der Waals surface area contributed by atoms with Crippen LogP contribution in [0.2, 0.25) is 0 Å². The zero-order chi connectivity index (χ0) is 18.4.